The second-order valence-corrected chi connectivity index (χ2v) is 4.09. The molecule has 0 aliphatic carbocycles. The lowest BCUT2D eigenvalue weighted by Crippen LogP contribution is -2.56. The summed E-state index contributed by atoms with van der Waals surface area (Å²) in [6.07, 6.45) is 1.26. The molecule has 0 aromatic rings. The Morgan fingerprint density at radius 3 is 2.29 bits per heavy atom. The van der Waals surface area contributed by atoms with E-state index in [9.17, 15) is 0 Å². The smallest absolute Gasteiger partial charge is 0.0290 e. The molecule has 1 saturated heterocycles. The predicted molar refractivity (Wildman–Crippen MR) is 61.2 cm³/mol. The van der Waals surface area contributed by atoms with E-state index in [0.717, 1.165) is 19.1 Å². The van der Waals surface area contributed by atoms with E-state index in [4.69, 9.17) is 0 Å². The zero-order valence-electron chi connectivity index (χ0n) is 10.2. The molecule has 14 heavy (non-hydrogen) atoms. The summed E-state index contributed by atoms with van der Waals surface area (Å²) >= 11 is 0. The summed E-state index contributed by atoms with van der Waals surface area (Å²) in [5.74, 6) is 0. The van der Waals surface area contributed by atoms with Crippen LogP contribution in [0.25, 0.3) is 0 Å². The maximum absolute atomic E-state index is 2.52. The van der Waals surface area contributed by atoms with Crippen molar-refractivity contribution in [3.8, 4) is 0 Å². The first-order chi connectivity index (χ1) is 6.72. The number of rotatable bonds is 4. The number of nitrogens with zero attached hydrogens (tertiary/aromatic N) is 3. The zero-order valence-corrected chi connectivity index (χ0v) is 10.2. The Labute approximate surface area is 88.6 Å². The van der Waals surface area contributed by atoms with Crippen LogP contribution in [0.5, 0.6) is 0 Å². The zero-order chi connectivity index (χ0) is 10.6. The van der Waals surface area contributed by atoms with Crippen molar-refractivity contribution in [3.05, 3.63) is 0 Å². The second-order valence-electron chi connectivity index (χ2n) is 4.09. The molecule has 84 valence electrons. The molecule has 3 heteroatoms. The average molecular weight is 199 g/mol. The van der Waals surface area contributed by atoms with Crippen LogP contribution >= 0.6 is 0 Å². The van der Waals surface area contributed by atoms with Crippen LogP contribution in [-0.4, -0.2) is 60.7 Å². The van der Waals surface area contributed by atoms with E-state index in [-0.39, 0.29) is 0 Å². The number of piperazine rings is 1. The van der Waals surface area contributed by atoms with Gasteiger partial charge in [0.05, 0.1) is 0 Å². The number of hydrazine groups is 1. The van der Waals surface area contributed by atoms with Gasteiger partial charge in [0, 0.05) is 38.8 Å². The first-order valence-electron chi connectivity index (χ1n) is 5.92. The van der Waals surface area contributed by atoms with Gasteiger partial charge in [-0.3, -0.25) is 0 Å². The van der Waals surface area contributed by atoms with Crippen molar-refractivity contribution in [3.63, 3.8) is 0 Å². The van der Waals surface area contributed by atoms with Crippen LogP contribution in [0.3, 0.4) is 0 Å². The Balaban J connectivity index is 2.48. The predicted octanol–water partition coefficient (Wildman–Crippen LogP) is 1.27. The van der Waals surface area contributed by atoms with Gasteiger partial charge in [-0.15, -0.1) is 0 Å². The van der Waals surface area contributed by atoms with Crippen molar-refractivity contribution < 1.29 is 0 Å². The quantitative estimate of drug-likeness (QED) is 0.675. The van der Waals surface area contributed by atoms with E-state index >= 15 is 0 Å². The normalized spacial score (nSPS) is 25.9. The maximum atomic E-state index is 2.52. The molecular weight excluding hydrogens is 174 g/mol. The highest BCUT2D eigenvalue weighted by Crippen LogP contribution is 2.12. The Morgan fingerprint density at radius 1 is 1.14 bits per heavy atom. The lowest BCUT2D eigenvalue weighted by Gasteiger charge is -2.43. The molecule has 0 amide bonds. The van der Waals surface area contributed by atoms with Crippen molar-refractivity contribution in [2.24, 2.45) is 0 Å². The summed E-state index contributed by atoms with van der Waals surface area (Å²) in [7, 11) is 2.24. The largest absolute Gasteiger partial charge is 0.301 e. The summed E-state index contributed by atoms with van der Waals surface area (Å²) in [5.41, 5.74) is 0. The van der Waals surface area contributed by atoms with Gasteiger partial charge in [-0.1, -0.05) is 20.8 Å². The van der Waals surface area contributed by atoms with Gasteiger partial charge in [-0.2, -0.15) is 0 Å². The number of hydrogen-bond acceptors (Lipinski definition) is 3. The molecular formula is C11H25N3. The van der Waals surface area contributed by atoms with Gasteiger partial charge in [0.25, 0.3) is 0 Å². The highest BCUT2D eigenvalue weighted by molar-refractivity contribution is 4.77. The molecule has 0 N–H and O–H groups in total. The minimum absolute atomic E-state index is 0.740. The number of likely N-dealkylation sites (N-methyl/N-ethyl adjacent to an activating group) is 1. The van der Waals surface area contributed by atoms with Gasteiger partial charge in [-0.25, -0.2) is 10.0 Å². The average Bonchev–Trinajstić information content (AvgIpc) is 2.22. The van der Waals surface area contributed by atoms with E-state index in [2.05, 4.69) is 42.7 Å². The van der Waals surface area contributed by atoms with Gasteiger partial charge < -0.3 is 4.90 Å². The van der Waals surface area contributed by atoms with E-state index in [1.54, 1.807) is 0 Å². The molecule has 0 aromatic heterocycles. The molecule has 1 heterocycles. The Morgan fingerprint density at radius 2 is 1.79 bits per heavy atom. The molecule has 1 atom stereocenters. The van der Waals surface area contributed by atoms with E-state index in [0.29, 0.717) is 0 Å². The van der Waals surface area contributed by atoms with Crippen LogP contribution in [0.1, 0.15) is 27.2 Å². The second kappa shape index (κ2) is 5.69. The standard InChI is InChI=1S/C11H25N3/c1-5-11-10-14(9-8-12(11)4)13(6-2)7-3/h11H,5-10H2,1-4H3. The van der Waals surface area contributed by atoms with Crippen LogP contribution in [-0.2, 0) is 0 Å². The summed E-state index contributed by atoms with van der Waals surface area (Å²) in [4.78, 5) is 2.49. The molecule has 0 saturated carbocycles. The number of hydrogen-bond donors (Lipinski definition) is 0. The lowest BCUT2D eigenvalue weighted by atomic mass is 10.1. The van der Waals surface area contributed by atoms with Crippen LogP contribution in [0, 0.1) is 0 Å². The fourth-order valence-electron chi connectivity index (χ4n) is 2.25. The highest BCUT2D eigenvalue weighted by Gasteiger charge is 2.25. The molecule has 1 unspecified atom stereocenters. The maximum Gasteiger partial charge on any atom is 0.0290 e. The van der Waals surface area contributed by atoms with Crippen molar-refractivity contribution >= 4 is 0 Å². The van der Waals surface area contributed by atoms with Crippen LogP contribution in [0.15, 0.2) is 0 Å². The summed E-state index contributed by atoms with van der Waals surface area (Å²) < 4.78 is 0. The van der Waals surface area contributed by atoms with Crippen molar-refractivity contribution in [2.45, 2.75) is 33.2 Å². The van der Waals surface area contributed by atoms with Crippen LogP contribution in [0.4, 0.5) is 0 Å². The fourth-order valence-corrected chi connectivity index (χ4v) is 2.25. The topological polar surface area (TPSA) is 9.72 Å². The molecule has 1 aliphatic heterocycles. The summed E-state index contributed by atoms with van der Waals surface area (Å²) in [5, 5.41) is 4.98. The summed E-state index contributed by atoms with van der Waals surface area (Å²) in [6.45, 7) is 12.6. The van der Waals surface area contributed by atoms with Gasteiger partial charge in [0.1, 0.15) is 0 Å². The van der Waals surface area contributed by atoms with Crippen LogP contribution < -0.4 is 0 Å². The van der Waals surface area contributed by atoms with Gasteiger partial charge >= 0.3 is 0 Å². The Bertz CT molecular complexity index is 154. The molecule has 3 nitrogen and oxygen atoms in total. The van der Waals surface area contributed by atoms with Crippen molar-refractivity contribution in [1.82, 2.24) is 14.9 Å². The third-order valence-electron chi connectivity index (χ3n) is 3.36. The minimum atomic E-state index is 0.740. The first kappa shape index (κ1) is 12.0. The van der Waals surface area contributed by atoms with Crippen LogP contribution in [0.2, 0.25) is 0 Å². The molecule has 0 radical (unpaired) electrons. The molecule has 0 bridgehead atoms. The van der Waals surface area contributed by atoms with E-state index in [1.807, 2.05) is 0 Å². The van der Waals surface area contributed by atoms with Gasteiger partial charge in [0.15, 0.2) is 0 Å². The molecule has 1 aliphatic rings. The molecule has 0 spiro atoms. The molecule has 1 rings (SSSR count). The third kappa shape index (κ3) is 2.69. The van der Waals surface area contributed by atoms with Crippen molar-refractivity contribution in [1.29, 1.82) is 0 Å². The monoisotopic (exact) mass is 199 g/mol. The van der Waals surface area contributed by atoms with Gasteiger partial charge in [0.2, 0.25) is 0 Å². The highest BCUT2D eigenvalue weighted by atomic mass is 15.6. The Kier molecular flexibility index (Phi) is 4.85. The minimum Gasteiger partial charge on any atom is -0.301 e. The fraction of sp³-hybridized carbons (Fsp3) is 1.00. The summed E-state index contributed by atoms with van der Waals surface area (Å²) in [6, 6.07) is 0.740. The van der Waals surface area contributed by atoms with E-state index in [1.165, 1.54) is 26.1 Å². The van der Waals surface area contributed by atoms with Crippen molar-refractivity contribution in [2.75, 3.05) is 39.8 Å². The lowest BCUT2D eigenvalue weighted by molar-refractivity contribution is -0.0666. The first-order valence-corrected chi connectivity index (χ1v) is 5.92. The molecule has 1 fully saturated rings. The Hall–Kier alpha value is -0.120. The van der Waals surface area contributed by atoms with E-state index < -0.39 is 0 Å². The third-order valence-corrected chi connectivity index (χ3v) is 3.36. The SMILES string of the molecule is CCC1CN(N(CC)CC)CCN1C. The van der Waals surface area contributed by atoms with Gasteiger partial charge in [-0.05, 0) is 13.5 Å². The molecule has 0 aromatic carbocycles.